The largest absolute Gasteiger partial charge is 0.511 e. The first-order valence-electron chi connectivity index (χ1n) is 11.2. The molecule has 0 aliphatic rings. The Balaban J connectivity index is 2.04. The minimum absolute atomic E-state index is 0.361. The second kappa shape index (κ2) is 11.5. The van der Waals surface area contributed by atoms with Crippen molar-refractivity contribution >= 4 is 18.9 Å². The zero-order chi connectivity index (χ0) is 23.7. The Kier molecular flexibility index (Phi) is 8.69. The highest BCUT2D eigenvalue weighted by atomic mass is 28.4. The van der Waals surface area contributed by atoms with Crippen LogP contribution in [-0.4, -0.2) is 15.2 Å². The quantitative estimate of drug-likeness (QED) is 0.179. The fourth-order valence-corrected chi connectivity index (χ4v) is 6.80. The summed E-state index contributed by atoms with van der Waals surface area (Å²) in [5.41, 5.74) is -1.36. The lowest BCUT2D eigenvalue weighted by Gasteiger charge is -2.32. The van der Waals surface area contributed by atoms with Gasteiger partial charge in [-0.1, -0.05) is 99.3 Å². The molecule has 0 N–H and O–H groups in total. The van der Waals surface area contributed by atoms with E-state index in [4.69, 9.17) is 8.85 Å². The molecule has 7 heteroatoms. The molecule has 33 heavy (non-hydrogen) atoms. The number of halogens is 4. The molecule has 0 radical (unpaired) electrons. The van der Waals surface area contributed by atoms with Crippen molar-refractivity contribution in [2.24, 2.45) is 0 Å². The molecule has 2 nitrogen and oxygen atoms in total. The molecule has 0 spiro atoms. The van der Waals surface area contributed by atoms with Gasteiger partial charge < -0.3 is 8.85 Å². The van der Waals surface area contributed by atoms with Crippen LogP contribution in [0.15, 0.2) is 78.9 Å². The molecule has 0 aliphatic heterocycles. The second-order valence-electron chi connectivity index (χ2n) is 7.83. The molecule has 0 aliphatic carbocycles. The van der Waals surface area contributed by atoms with Crippen LogP contribution in [0.25, 0.3) is 0 Å². The highest BCUT2D eigenvalue weighted by Crippen LogP contribution is 2.35. The summed E-state index contributed by atoms with van der Waals surface area (Å²) in [7, 11) is -3.58. The Labute approximate surface area is 193 Å². The third-order valence-electron chi connectivity index (χ3n) is 5.38. The lowest BCUT2D eigenvalue weighted by molar-refractivity contribution is -0.140. The van der Waals surface area contributed by atoms with Gasteiger partial charge in [-0.2, -0.15) is 13.2 Å². The van der Waals surface area contributed by atoms with Crippen LogP contribution in [0.2, 0.25) is 0 Å². The highest BCUT2D eigenvalue weighted by Gasteiger charge is 2.46. The number of benzene rings is 3. The van der Waals surface area contributed by atoms with E-state index >= 15 is 0 Å². The van der Waals surface area contributed by atoms with Gasteiger partial charge in [-0.3, -0.25) is 0 Å². The van der Waals surface area contributed by atoms with E-state index in [1.165, 1.54) is 6.07 Å². The predicted octanol–water partition coefficient (Wildman–Crippen LogP) is 6.47. The van der Waals surface area contributed by atoms with Gasteiger partial charge in [0.1, 0.15) is 5.75 Å². The summed E-state index contributed by atoms with van der Waals surface area (Å²) in [6, 6.07) is 21.3. The average Bonchev–Trinajstić information content (AvgIpc) is 2.82. The monoisotopic (exact) mass is 476 g/mol. The van der Waals surface area contributed by atoms with Crippen LogP contribution in [-0.2, 0) is 10.6 Å². The number of hydrogen-bond acceptors (Lipinski definition) is 2. The first-order valence-corrected chi connectivity index (χ1v) is 13.0. The van der Waals surface area contributed by atoms with E-state index in [0.29, 0.717) is 23.0 Å². The minimum Gasteiger partial charge on any atom is -0.511 e. The Hall–Kier alpha value is -2.64. The van der Waals surface area contributed by atoms with Gasteiger partial charge in [0.25, 0.3) is 0 Å². The number of rotatable bonds is 11. The molecule has 0 fully saturated rings. The normalized spacial score (nSPS) is 12.0. The van der Waals surface area contributed by atoms with Gasteiger partial charge in [0.05, 0.1) is 5.56 Å². The molecule has 3 aromatic rings. The summed E-state index contributed by atoms with van der Waals surface area (Å²) in [5, 5.41) is 1.39. The van der Waals surface area contributed by atoms with Crippen LogP contribution >= 0.6 is 0 Å². The maximum atomic E-state index is 15.0. The van der Waals surface area contributed by atoms with Crippen molar-refractivity contribution in [2.75, 3.05) is 6.61 Å². The number of unbranched alkanes of at least 4 members (excludes halogenated alkanes) is 4. The van der Waals surface area contributed by atoms with Crippen LogP contribution in [0.5, 0.6) is 5.75 Å². The lowest BCUT2D eigenvalue weighted by Crippen LogP contribution is -2.66. The highest BCUT2D eigenvalue weighted by molar-refractivity contribution is 6.93. The van der Waals surface area contributed by atoms with E-state index in [-0.39, 0.29) is 0 Å². The molecule has 0 amide bonds. The first-order chi connectivity index (χ1) is 15.9. The van der Waals surface area contributed by atoms with E-state index < -0.39 is 31.9 Å². The van der Waals surface area contributed by atoms with Crippen molar-refractivity contribution in [2.45, 2.75) is 45.2 Å². The van der Waals surface area contributed by atoms with Gasteiger partial charge in [-0.25, -0.2) is 4.39 Å². The molecular formula is C26H28F4O2Si. The maximum absolute atomic E-state index is 15.0. The molecule has 0 heterocycles. The van der Waals surface area contributed by atoms with Crippen molar-refractivity contribution in [3.63, 3.8) is 0 Å². The third-order valence-corrected chi connectivity index (χ3v) is 8.69. The number of alkyl halides is 3. The van der Waals surface area contributed by atoms with E-state index in [0.717, 1.165) is 38.2 Å². The molecule has 0 saturated heterocycles. The van der Waals surface area contributed by atoms with Gasteiger partial charge in [0, 0.05) is 17.0 Å². The molecule has 0 atom stereocenters. The van der Waals surface area contributed by atoms with E-state index in [1.54, 1.807) is 0 Å². The van der Waals surface area contributed by atoms with Crippen LogP contribution in [0.3, 0.4) is 0 Å². The molecule has 0 aromatic heterocycles. The van der Waals surface area contributed by atoms with Crippen LogP contribution in [0, 0.1) is 5.82 Å². The van der Waals surface area contributed by atoms with Crippen molar-refractivity contribution in [3.05, 3.63) is 90.2 Å². The van der Waals surface area contributed by atoms with Crippen molar-refractivity contribution < 1.29 is 26.4 Å². The predicted molar refractivity (Wildman–Crippen MR) is 125 cm³/mol. The van der Waals surface area contributed by atoms with Crippen LogP contribution < -0.4 is 14.8 Å². The van der Waals surface area contributed by atoms with Gasteiger partial charge in [0.2, 0.25) is 0 Å². The number of hydrogen-bond donors (Lipinski definition) is 0. The summed E-state index contributed by atoms with van der Waals surface area (Å²) >= 11 is 0. The zero-order valence-electron chi connectivity index (χ0n) is 18.6. The molecule has 0 bridgehead atoms. The van der Waals surface area contributed by atoms with Crippen molar-refractivity contribution in [3.8, 4) is 5.75 Å². The molecule has 0 unspecified atom stereocenters. The second-order valence-corrected chi connectivity index (χ2v) is 10.7. The lowest BCUT2D eigenvalue weighted by atomic mass is 10.2. The smallest absolute Gasteiger partial charge is 0.468 e. The Bertz CT molecular complexity index is 955. The summed E-state index contributed by atoms with van der Waals surface area (Å²) < 4.78 is 67.7. The van der Waals surface area contributed by atoms with E-state index in [2.05, 4.69) is 6.92 Å². The Morgan fingerprint density at radius 3 is 1.85 bits per heavy atom. The zero-order valence-corrected chi connectivity index (χ0v) is 19.6. The first kappa shape index (κ1) is 25.0. The Morgan fingerprint density at radius 1 is 0.727 bits per heavy atom. The summed E-state index contributed by atoms with van der Waals surface area (Å²) in [5.74, 6) is -1.89. The van der Waals surface area contributed by atoms with E-state index in [1.807, 2.05) is 60.7 Å². The van der Waals surface area contributed by atoms with Crippen molar-refractivity contribution in [1.29, 1.82) is 0 Å². The van der Waals surface area contributed by atoms with Crippen LogP contribution in [0.4, 0.5) is 17.6 Å². The van der Waals surface area contributed by atoms with Gasteiger partial charge >= 0.3 is 14.7 Å². The standard InChI is InChI=1S/C26H28F4O2Si/c1-2-3-4-5-12-20-31-33(21-14-8-6-9-15-21,22-16-10-7-11-17-22)32-24-19-13-18-23(25(24)27)26(28,29)30/h6-11,13-19H,2-5,12,20H2,1H3. The summed E-state index contributed by atoms with van der Waals surface area (Å²) in [6.45, 7) is 2.50. The molecule has 0 saturated carbocycles. The van der Waals surface area contributed by atoms with Gasteiger partial charge in [0.15, 0.2) is 5.82 Å². The Morgan fingerprint density at radius 2 is 1.30 bits per heavy atom. The van der Waals surface area contributed by atoms with E-state index in [9.17, 15) is 17.6 Å². The fraction of sp³-hybridized carbons (Fsp3) is 0.308. The summed E-state index contributed by atoms with van der Waals surface area (Å²) in [6.07, 6.45) is 0.252. The fourth-order valence-electron chi connectivity index (χ4n) is 3.68. The molecular weight excluding hydrogens is 448 g/mol. The molecule has 3 aromatic carbocycles. The van der Waals surface area contributed by atoms with Gasteiger partial charge in [-0.05, 0) is 18.6 Å². The molecule has 3 rings (SSSR count). The average molecular weight is 477 g/mol. The van der Waals surface area contributed by atoms with Crippen molar-refractivity contribution in [1.82, 2.24) is 0 Å². The topological polar surface area (TPSA) is 18.5 Å². The van der Waals surface area contributed by atoms with Crippen LogP contribution in [0.1, 0.15) is 44.6 Å². The molecule has 176 valence electrons. The maximum Gasteiger partial charge on any atom is 0.468 e. The van der Waals surface area contributed by atoms with Gasteiger partial charge in [-0.15, -0.1) is 0 Å². The third kappa shape index (κ3) is 6.24. The SMILES string of the molecule is CCCCCCCO[Si](Oc1cccc(C(F)(F)F)c1F)(c1ccccc1)c1ccccc1. The summed E-state index contributed by atoms with van der Waals surface area (Å²) in [4.78, 5) is 0. The minimum atomic E-state index is -4.83.